The van der Waals surface area contributed by atoms with Gasteiger partial charge in [-0.2, -0.15) is 0 Å². The fraction of sp³-hybridized carbons (Fsp3) is 0.0952. The highest BCUT2D eigenvalue weighted by Crippen LogP contribution is 2.30. The van der Waals surface area contributed by atoms with Crippen LogP contribution in [0.1, 0.15) is 10.4 Å². The molecule has 4 aromatic rings. The first-order valence-electron chi connectivity index (χ1n) is 8.47. The van der Waals surface area contributed by atoms with Crippen molar-refractivity contribution in [2.75, 3.05) is 7.11 Å². The van der Waals surface area contributed by atoms with E-state index in [4.69, 9.17) is 4.74 Å². The Hall–Kier alpha value is -3.32. The number of hydrogen-bond donors (Lipinski definition) is 0. The highest BCUT2D eigenvalue weighted by atomic mass is 32.1. The molecule has 0 amide bonds. The number of Topliss-reactive ketones (excluding diaryl/α,β-unsaturated/α-hetero) is 1. The molecule has 140 valence electrons. The molecule has 28 heavy (non-hydrogen) atoms. The van der Waals surface area contributed by atoms with E-state index in [-0.39, 0.29) is 23.4 Å². The van der Waals surface area contributed by atoms with Crippen molar-refractivity contribution in [3.63, 3.8) is 0 Å². The van der Waals surface area contributed by atoms with E-state index in [0.29, 0.717) is 10.2 Å². The standard InChI is InChI=1S/C21H15FN2O3S/c1-27-18-8-7-14(22)9-15(18)17(25)10-24-12-23-20-19(21(24)26)16(11-28-20)13-5-3-2-4-6-13/h2-9,11-12H,10H2,1H3. The first kappa shape index (κ1) is 18.1. The van der Waals surface area contributed by atoms with E-state index < -0.39 is 11.6 Å². The number of ketones is 1. The maximum absolute atomic E-state index is 13.6. The third-order valence-electron chi connectivity index (χ3n) is 4.42. The molecule has 0 radical (unpaired) electrons. The van der Waals surface area contributed by atoms with Crippen molar-refractivity contribution in [2.24, 2.45) is 0 Å². The minimum atomic E-state index is -0.547. The number of methoxy groups -OCH3 is 1. The molecule has 0 aliphatic heterocycles. The van der Waals surface area contributed by atoms with Gasteiger partial charge in [-0.15, -0.1) is 11.3 Å². The number of benzene rings is 2. The van der Waals surface area contributed by atoms with Gasteiger partial charge in [0.15, 0.2) is 5.78 Å². The quantitative estimate of drug-likeness (QED) is 0.477. The first-order chi connectivity index (χ1) is 13.6. The Bertz CT molecular complexity index is 1230. The predicted octanol–water partition coefficient (Wildman–Crippen LogP) is 4.16. The SMILES string of the molecule is COc1ccc(F)cc1C(=O)Cn1cnc2scc(-c3ccccc3)c2c1=O. The Morgan fingerprint density at radius 1 is 1.21 bits per heavy atom. The average molecular weight is 394 g/mol. The number of halogens is 1. The van der Waals surface area contributed by atoms with E-state index in [0.717, 1.165) is 17.2 Å². The highest BCUT2D eigenvalue weighted by molar-refractivity contribution is 7.17. The molecule has 0 atom stereocenters. The zero-order chi connectivity index (χ0) is 19.7. The zero-order valence-corrected chi connectivity index (χ0v) is 15.7. The van der Waals surface area contributed by atoms with Gasteiger partial charge in [-0.25, -0.2) is 9.37 Å². The van der Waals surface area contributed by atoms with E-state index in [9.17, 15) is 14.0 Å². The van der Waals surface area contributed by atoms with Crippen LogP contribution in [0, 0.1) is 5.82 Å². The van der Waals surface area contributed by atoms with Crippen LogP contribution in [0.15, 0.2) is 65.0 Å². The minimum absolute atomic E-state index is 0.0862. The van der Waals surface area contributed by atoms with Crippen LogP contribution in [-0.4, -0.2) is 22.4 Å². The maximum atomic E-state index is 13.6. The van der Waals surface area contributed by atoms with Crippen LogP contribution >= 0.6 is 11.3 Å². The lowest BCUT2D eigenvalue weighted by Gasteiger charge is -2.09. The van der Waals surface area contributed by atoms with Gasteiger partial charge in [0.1, 0.15) is 16.4 Å². The summed E-state index contributed by atoms with van der Waals surface area (Å²) in [5, 5.41) is 2.36. The van der Waals surface area contributed by atoms with Gasteiger partial charge in [-0.1, -0.05) is 30.3 Å². The van der Waals surface area contributed by atoms with E-state index >= 15 is 0 Å². The molecular formula is C21H15FN2O3S. The van der Waals surface area contributed by atoms with Crippen molar-refractivity contribution < 1.29 is 13.9 Å². The Balaban J connectivity index is 1.76. The maximum Gasteiger partial charge on any atom is 0.263 e. The van der Waals surface area contributed by atoms with Crippen LogP contribution < -0.4 is 10.3 Å². The number of ether oxygens (including phenoxy) is 1. The molecule has 0 aliphatic rings. The third kappa shape index (κ3) is 3.20. The zero-order valence-electron chi connectivity index (χ0n) is 14.9. The van der Waals surface area contributed by atoms with Gasteiger partial charge in [0, 0.05) is 10.9 Å². The van der Waals surface area contributed by atoms with Gasteiger partial charge < -0.3 is 4.74 Å². The highest BCUT2D eigenvalue weighted by Gasteiger charge is 2.18. The Kier molecular flexibility index (Phi) is 4.75. The second kappa shape index (κ2) is 7.36. The van der Waals surface area contributed by atoms with Crippen LogP contribution in [-0.2, 0) is 6.54 Å². The van der Waals surface area contributed by atoms with Gasteiger partial charge in [0.25, 0.3) is 5.56 Å². The second-order valence-corrected chi connectivity index (χ2v) is 7.00. The van der Waals surface area contributed by atoms with E-state index in [2.05, 4.69) is 4.98 Å². The summed E-state index contributed by atoms with van der Waals surface area (Å²) in [7, 11) is 1.40. The molecule has 0 aliphatic carbocycles. The molecule has 7 heteroatoms. The summed E-state index contributed by atoms with van der Waals surface area (Å²) in [6, 6.07) is 13.2. The summed E-state index contributed by atoms with van der Waals surface area (Å²) in [5.74, 6) is -0.723. The van der Waals surface area contributed by atoms with Crippen molar-refractivity contribution in [1.82, 2.24) is 9.55 Å². The molecule has 2 heterocycles. The number of aromatic nitrogens is 2. The van der Waals surface area contributed by atoms with Gasteiger partial charge in [0.05, 0.1) is 30.9 Å². The molecule has 2 aromatic heterocycles. The van der Waals surface area contributed by atoms with E-state index in [1.807, 2.05) is 35.7 Å². The lowest BCUT2D eigenvalue weighted by Crippen LogP contribution is -2.24. The first-order valence-corrected chi connectivity index (χ1v) is 9.35. The Morgan fingerprint density at radius 3 is 2.75 bits per heavy atom. The fourth-order valence-electron chi connectivity index (χ4n) is 3.05. The van der Waals surface area contributed by atoms with Crippen LogP contribution in [0.3, 0.4) is 0 Å². The topological polar surface area (TPSA) is 61.2 Å². The molecule has 4 rings (SSSR count). The van der Waals surface area contributed by atoms with Crippen molar-refractivity contribution in [3.8, 4) is 16.9 Å². The summed E-state index contributed by atoms with van der Waals surface area (Å²) >= 11 is 1.38. The largest absolute Gasteiger partial charge is 0.496 e. The molecular weight excluding hydrogens is 379 g/mol. The Morgan fingerprint density at radius 2 is 2.00 bits per heavy atom. The smallest absolute Gasteiger partial charge is 0.263 e. The third-order valence-corrected chi connectivity index (χ3v) is 5.31. The number of carbonyl (C=O) groups excluding carboxylic acids is 1. The summed E-state index contributed by atoms with van der Waals surface area (Å²) < 4.78 is 20.0. The fourth-order valence-corrected chi connectivity index (χ4v) is 3.95. The molecule has 0 saturated heterocycles. The lowest BCUT2D eigenvalue weighted by molar-refractivity contribution is 0.0967. The molecule has 0 N–H and O–H groups in total. The predicted molar refractivity (Wildman–Crippen MR) is 107 cm³/mol. The molecule has 2 aromatic carbocycles. The van der Waals surface area contributed by atoms with Gasteiger partial charge in [-0.3, -0.25) is 14.2 Å². The van der Waals surface area contributed by atoms with Crippen molar-refractivity contribution >= 4 is 27.3 Å². The number of rotatable bonds is 5. The lowest BCUT2D eigenvalue weighted by atomic mass is 10.1. The Labute approximate surface area is 163 Å². The molecule has 0 spiro atoms. The molecule has 0 unspecified atom stereocenters. The number of fused-ring (bicyclic) bond motifs is 1. The number of hydrogen-bond acceptors (Lipinski definition) is 5. The molecule has 0 fully saturated rings. The summed E-state index contributed by atoms with van der Waals surface area (Å²) in [4.78, 5) is 30.7. The number of nitrogens with zero attached hydrogens (tertiary/aromatic N) is 2. The second-order valence-electron chi connectivity index (χ2n) is 6.14. The van der Waals surface area contributed by atoms with E-state index in [1.165, 1.54) is 41.5 Å². The molecule has 0 bridgehead atoms. The number of thiophene rings is 1. The minimum Gasteiger partial charge on any atom is -0.496 e. The van der Waals surface area contributed by atoms with Crippen molar-refractivity contribution in [1.29, 1.82) is 0 Å². The van der Waals surface area contributed by atoms with Crippen LogP contribution in [0.4, 0.5) is 4.39 Å². The average Bonchev–Trinajstić information content (AvgIpc) is 3.15. The van der Waals surface area contributed by atoms with Gasteiger partial charge >= 0.3 is 0 Å². The summed E-state index contributed by atoms with van der Waals surface area (Å²) in [5.41, 5.74) is 1.46. The van der Waals surface area contributed by atoms with Crippen molar-refractivity contribution in [2.45, 2.75) is 6.54 Å². The summed E-state index contributed by atoms with van der Waals surface area (Å²) in [6.45, 7) is -0.258. The molecule has 5 nitrogen and oxygen atoms in total. The van der Waals surface area contributed by atoms with Crippen LogP contribution in [0.25, 0.3) is 21.3 Å². The van der Waals surface area contributed by atoms with Crippen LogP contribution in [0.2, 0.25) is 0 Å². The normalized spacial score (nSPS) is 10.9. The summed E-state index contributed by atoms with van der Waals surface area (Å²) in [6.07, 6.45) is 1.35. The molecule has 0 saturated carbocycles. The number of carbonyl (C=O) groups is 1. The van der Waals surface area contributed by atoms with Crippen molar-refractivity contribution in [3.05, 3.63) is 82.0 Å². The van der Waals surface area contributed by atoms with Gasteiger partial charge in [0.2, 0.25) is 0 Å². The van der Waals surface area contributed by atoms with Crippen LogP contribution in [0.5, 0.6) is 5.75 Å². The monoisotopic (exact) mass is 394 g/mol. The van der Waals surface area contributed by atoms with E-state index in [1.54, 1.807) is 0 Å². The van der Waals surface area contributed by atoms with Gasteiger partial charge in [-0.05, 0) is 23.8 Å².